The van der Waals surface area contributed by atoms with Crippen LogP contribution in [-0.4, -0.2) is 36.0 Å². The Morgan fingerprint density at radius 2 is 1.64 bits per heavy atom. The molecule has 0 bridgehead atoms. The first kappa shape index (κ1) is 16.1. The van der Waals surface area contributed by atoms with E-state index in [1.54, 1.807) is 0 Å². The summed E-state index contributed by atoms with van der Waals surface area (Å²) in [4.78, 5) is 32.7. The van der Waals surface area contributed by atoms with Gasteiger partial charge in [0.25, 0.3) is 11.4 Å². The molecule has 0 saturated carbocycles. The number of carbonyl (C=O) groups is 1. The molecule has 0 radical (unpaired) electrons. The fourth-order valence-electron chi connectivity index (χ4n) is 2.06. The first-order chi connectivity index (χ1) is 10.1. The summed E-state index contributed by atoms with van der Waals surface area (Å²) in [5, 5.41) is 20.5. The molecule has 1 saturated heterocycles. The van der Waals surface area contributed by atoms with E-state index in [0.29, 0.717) is 0 Å². The van der Waals surface area contributed by atoms with Gasteiger partial charge in [-0.1, -0.05) is 0 Å². The first-order valence-corrected chi connectivity index (χ1v) is 8.14. The number of hydrogen-bond donors (Lipinski definition) is 0. The third kappa shape index (κ3) is 3.14. The number of nitro benzene ring substituents is 2. The normalized spacial score (nSPS) is 18.5. The second kappa shape index (κ2) is 5.50. The van der Waals surface area contributed by atoms with Crippen molar-refractivity contribution in [3.05, 3.63) is 38.4 Å². The average Bonchev–Trinajstić information content (AvgIpc) is 2.80. The van der Waals surface area contributed by atoms with Crippen LogP contribution in [0.2, 0.25) is 0 Å². The van der Waals surface area contributed by atoms with Crippen molar-refractivity contribution in [1.29, 1.82) is 0 Å². The van der Waals surface area contributed by atoms with Crippen LogP contribution in [0.25, 0.3) is 0 Å². The van der Waals surface area contributed by atoms with Gasteiger partial charge in [-0.25, -0.2) is 8.42 Å². The summed E-state index contributed by atoms with van der Waals surface area (Å²) in [5.41, 5.74) is -1.27. The summed E-state index contributed by atoms with van der Waals surface area (Å²) in [5.74, 6) is -0.635. The van der Waals surface area contributed by atoms with Crippen LogP contribution >= 0.6 is 10.7 Å². The Bertz CT molecular complexity index is 746. The van der Waals surface area contributed by atoms with Crippen molar-refractivity contribution in [1.82, 2.24) is 0 Å². The molecule has 1 aliphatic rings. The largest absolute Gasteiger partial charge is 0.311 e. The highest BCUT2D eigenvalue weighted by atomic mass is 35.7. The van der Waals surface area contributed by atoms with Gasteiger partial charge in [-0.2, -0.15) is 0 Å². The minimum Gasteiger partial charge on any atom is -0.311 e. The lowest BCUT2D eigenvalue weighted by Gasteiger charge is -2.15. The van der Waals surface area contributed by atoms with Crippen molar-refractivity contribution < 1.29 is 23.1 Å². The predicted molar refractivity (Wildman–Crippen MR) is 75.3 cm³/mol. The summed E-state index contributed by atoms with van der Waals surface area (Å²) in [7, 11) is 1.21. The first-order valence-electron chi connectivity index (χ1n) is 5.77. The number of non-ortho nitro benzene ring substituents is 2. The van der Waals surface area contributed by atoms with Gasteiger partial charge in [-0.05, 0) is 0 Å². The lowest BCUT2D eigenvalue weighted by Crippen LogP contribution is -2.26. The molecule has 1 aliphatic heterocycles. The molecule has 2 rings (SSSR count). The van der Waals surface area contributed by atoms with Crippen molar-refractivity contribution >= 4 is 42.7 Å². The molecule has 1 aromatic rings. The fraction of sp³-hybridized carbons (Fsp3) is 0.300. The van der Waals surface area contributed by atoms with E-state index in [-0.39, 0.29) is 18.7 Å². The number of amides is 1. The molecule has 12 heteroatoms. The monoisotopic (exact) mass is 349 g/mol. The van der Waals surface area contributed by atoms with Crippen molar-refractivity contribution in [2.45, 2.75) is 11.7 Å². The summed E-state index contributed by atoms with van der Waals surface area (Å²) in [6, 6.07) is 2.68. The Labute approximate surface area is 128 Å². The summed E-state index contributed by atoms with van der Waals surface area (Å²) in [6.07, 6.45) is -0.387. The van der Waals surface area contributed by atoms with Gasteiger partial charge < -0.3 is 4.90 Å². The Kier molecular flexibility index (Phi) is 4.02. The van der Waals surface area contributed by atoms with E-state index in [2.05, 4.69) is 0 Å². The van der Waals surface area contributed by atoms with Gasteiger partial charge in [0, 0.05) is 35.8 Å². The molecule has 118 valence electrons. The third-order valence-corrected chi connectivity index (χ3v) is 4.98. The van der Waals surface area contributed by atoms with Crippen LogP contribution in [-0.2, 0) is 13.8 Å². The van der Waals surface area contributed by atoms with Gasteiger partial charge in [-0.15, -0.1) is 0 Å². The number of hydrogen-bond acceptors (Lipinski definition) is 7. The van der Waals surface area contributed by atoms with Crippen LogP contribution < -0.4 is 4.90 Å². The molecule has 1 fully saturated rings. The summed E-state index contributed by atoms with van der Waals surface area (Å²) in [6.45, 7) is -0.316. The maximum atomic E-state index is 11.9. The molecule has 1 amide bonds. The van der Waals surface area contributed by atoms with Crippen LogP contribution in [0, 0.1) is 20.2 Å². The summed E-state index contributed by atoms with van der Waals surface area (Å²) < 4.78 is 22.6. The smallest absolute Gasteiger partial charge is 0.278 e. The van der Waals surface area contributed by atoms with Crippen molar-refractivity contribution in [3.63, 3.8) is 0 Å². The van der Waals surface area contributed by atoms with E-state index >= 15 is 0 Å². The Balaban J connectivity index is 2.46. The topological polar surface area (TPSA) is 141 Å². The molecule has 0 N–H and O–H groups in total. The average molecular weight is 350 g/mol. The fourth-order valence-corrected chi connectivity index (χ4v) is 3.09. The summed E-state index contributed by atoms with van der Waals surface area (Å²) >= 11 is 0. The SMILES string of the molecule is O=C1CC(S(=O)(=O)Cl)CN1c1cc([N+](=O)[O-])cc([N+](=O)[O-])c1. The highest BCUT2D eigenvalue weighted by Gasteiger charge is 2.38. The maximum absolute atomic E-state index is 11.9. The second-order valence-corrected chi connectivity index (χ2v) is 7.44. The number of carbonyl (C=O) groups excluding carboxylic acids is 1. The van der Waals surface area contributed by atoms with E-state index < -0.39 is 41.4 Å². The van der Waals surface area contributed by atoms with Gasteiger partial charge in [0.1, 0.15) is 5.25 Å². The maximum Gasteiger partial charge on any atom is 0.278 e. The zero-order valence-corrected chi connectivity index (χ0v) is 12.3. The molecule has 0 aromatic heterocycles. The van der Waals surface area contributed by atoms with E-state index in [0.717, 1.165) is 23.1 Å². The predicted octanol–water partition coefficient (Wildman–Crippen LogP) is 1.18. The van der Waals surface area contributed by atoms with Crippen LogP contribution in [0.4, 0.5) is 17.1 Å². The number of halogens is 1. The lowest BCUT2D eigenvalue weighted by atomic mass is 10.2. The van der Waals surface area contributed by atoms with Gasteiger partial charge in [0.2, 0.25) is 15.0 Å². The highest BCUT2D eigenvalue weighted by molar-refractivity contribution is 8.14. The van der Waals surface area contributed by atoms with Crippen LogP contribution in [0.5, 0.6) is 0 Å². The van der Waals surface area contributed by atoms with Crippen LogP contribution in [0.1, 0.15) is 6.42 Å². The minimum atomic E-state index is -3.99. The zero-order chi connectivity index (χ0) is 16.7. The van der Waals surface area contributed by atoms with Crippen molar-refractivity contribution in [2.24, 2.45) is 0 Å². The lowest BCUT2D eigenvalue weighted by molar-refractivity contribution is -0.394. The molecule has 1 heterocycles. The Morgan fingerprint density at radius 1 is 1.14 bits per heavy atom. The number of benzene rings is 1. The molecule has 0 spiro atoms. The van der Waals surface area contributed by atoms with Crippen LogP contribution in [0.3, 0.4) is 0 Å². The molecule has 1 unspecified atom stereocenters. The number of nitro groups is 2. The minimum absolute atomic E-state index is 0.117. The molecule has 1 aromatic carbocycles. The van der Waals surface area contributed by atoms with Gasteiger partial charge in [0.15, 0.2) is 0 Å². The van der Waals surface area contributed by atoms with E-state index in [9.17, 15) is 33.4 Å². The third-order valence-electron chi connectivity index (χ3n) is 3.11. The van der Waals surface area contributed by atoms with Crippen molar-refractivity contribution in [2.75, 3.05) is 11.4 Å². The quantitative estimate of drug-likeness (QED) is 0.451. The van der Waals surface area contributed by atoms with Gasteiger partial charge in [-0.3, -0.25) is 25.0 Å². The zero-order valence-electron chi connectivity index (χ0n) is 10.7. The second-order valence-electron chi connectivity index (χ2n) is 4.53. The standard InChI is InChI=1S/C10H8ClN3O7S/c11-22(20,21)9-4-10(15)12(5-9)6-1-7(13(16)17)3-8(2-6)14(18)19/h1-3,9H,4-5H2. The molecule has 1 atom stereocenters. The number of rotatable bonds is 4. The number of nitrogens with zero attached hydrogens (tertiary/aromatic N) is 3. The van der Waals surface area contributed by atoms with E-state index in [1.165, 1.54) is 0 Å². The molecular formula is C10H8ClN3O7S. The van der Waals surface area contributed by atoms with E-state index in [4.69, 9.17) is 10.7 Å². The van der Waals surface area contributed by atoms with Crippen LogP contribution in [0.15, 0.2) is 18.2 Å². The molecule has 10 nitrogen and oxygen atoms in total. The Hall–Kier alpha value is -2.27. The van der Waals surface area contributed by atoms with E-state index in [1.807, 2.05) is 0 Å². The molecule has 0 aliphatic carbocycles. The van der Waals surface area contributed by atoms with Crippen molar-refractivity contribution in [3.8, 4) is 0 Å². The van der Waals surface area contributed by atoms with Gasteiger partial charge in [0.05, 0.1) is 21.6 Å². The van der Waals surface area contributed by atoms with Gasteiger partial charge >= 0.3 is 0 Å². The number of anilines is 1. The Morgan fingerprint density at radius 3 is 2.00 bits per heavy atom. The molecular weight excluding hydrogens is 342 g/mol. The molecule has 22 heavy (non-hydrogen) atoms. The highest BCUT2D eigenvalue weighted by Crippen LogP contribution is 2.32.